The van der Waals surface area contributed by atoms with E-state index in [0.29, 0.717) is 0 Å². The third-order valence-electron chi connectivity index (χ3n) is 6.96. The van der Waals surface area contributed by atoms with Crippen molar-refractivity contribution < 1.29 is 10.2 Å². The molecule has 2 atom stereocenters. The van der Waals surface area contributed by atoms with Crippen LogP contribution in [-0.4, -0.2) is 47.0 Å². The van der Waals surface area contributed by atoms with Crippen LogP contribution in [-0.2, 0) is 0 Å². The van der Waals surface area contributed by atoms with Crippen LogP contribution in [0, 0.1) is 0 Å². The van der Waals surface area contributed by atoms with Crippen molar-refractivity contribution in [1.29, 1.82) is 0 Å². The largest absolute Gasteiger partial charge is 0.395 e. The summed E-state index contributed by atoms with van der Waals surface area (Å²) in [7, 11) is 0. The van der Waals surface area contributed by atoms with Gasteiger partial charge < -0.3 is 10.2 Å². The lowest BCUT2D eigenvalue weighted by atomic mass is 10.0. The molecule has 0 heterocycles. The second kappa shape index (κ2) is 26.2. The molecule has 33 heavy (non-hydrogen) atoms. The van der Waals surface area contributed by atoms with E-state index in [2.05, 4.69) is 31.7 Å². The van der Waals surface area contributed by atoms with Gasteiger partial charge in [-0.05, 0) is 38.8 Å². The monoisotopic (exact) mass is 467 g/mol. The zero-order chi connectivity index (χ0) is 24.4. The van der Waals surface area contributed by atoms with Crippen molar-refractivity contribution >= 4 is 0 Å². The number of nitrogens with zero attached hydrogens (tertiary/aromatic N) is 1. The normalized spacial score (nSPS) is 13.9. The Hall–Kier alpha value is -0.380. The lowest BCUT2D eigenvalue weighted by Crippen LogP contribution is -2.46. The van der Waals surface area contributed by atoms with Gasteiger partial charge in [-0.3, -0.25) is 4.90 Å². The number of aliphatic hydroxyl groups is 2. The molecule has 0 aromatic carbocycles. The molecule has 0 bridgehead atoms. The number of hydrogen-bond acceptors (Lipinski definition) is 3. The van der Waals surface area contributed by atoms with Gasteiger partial charge in [0.15, 0.2) is 0 Å². The summed E-state index contributed by atoms with van der Waals surface area (Å²) in [6.07, 6.45) is 29.4. The van der Waals surface area contributed by atoms with E-state index in [-0.39, 0.29) is 12.6 Å². The highest BCUT2D eigenvalue weighted by molar-refractivity contribution is 4.96. The van der Waals surface area contributed by atoms with Gasteiger partial charge in [0.2, 0.25) is 0 Å². The zero-order valence-electron chi connectivity index (χ0n) is 22.9. The maximum absolute atomic E-state index is 10.8. The van der Waals surface area contributed by atoms with Gasteiger partial charge in [-0.15, -0.1) is 0 Å². The molecule has 0 aliphatic rings. The molecular weight excluding hydrogens is 406 g/mol. The fourth-order valence-corrected chi connectivity index (χ4v) is 4.66. The first-order valence-corrected chi connectivity index (χ1v) is 14.9. The Morgan fingerprint density at radius 3 is 1.39 bits per heavy atom. The van der Waals surface area contributed by atoms with Gasteiger partial charge in [0.05, 0.1) is 18.8 Å². The molecule has 3 heteroatoms. The van der Waals surface area contributed by atoms with Gasteiger partial charge in [-0.1, -0.05) is 136 Å². The Bertz CT molecular complexity index is 387. The maximum Gasteiger partial charge on any atom is 0.0898 e. The maximum atomic E-state index is 10.8. The summed E-state index contributed by atoms with van der Waals surface area (Å²) >= 11 is 0. The van der Waals surface area contributed by atoms with Crippen LogP contribution in [0.2, 0.25) is 0 Å². The predicted molar refractivity (Wildman–Crippen MR) is 147 cm³/mol. The lowest BCUT2D eigenvalue weighted by Gasteiger charge is -2.33. The van der Waals surface area contributed by atoms with E-state index in [1.165, 1.54) is 109 Å². The van der Waals surface area contributed by atoms with Crippen molar-refractivity contribution in [1.82, 2.24) is 4.90 Å². The van der Waals surface area contributed by atoms with E-state index in [0.717, 1.165) is 32.4 Å². The third kappa shape index (κ3) is 20.7. The highest BCUT2D eigenvalue weighted by Crippen LogP contribution is 2.14. The average Bonchev–Trinajstić information content (AvgIpc) is 2.82. The van der Waals surface area contributed by atoms with Gasteiger partial charge in [-0.25, -0.2) is 0 Å². The van der Waals surface area contributed by atoms with E-state index in [9.17, 15) is 10.2 Å². The number of rotatable bonds is 26. The van der Waals surface area contributed by atoms with Crippen molar-refractivity contribution in [3.05, 3.63) is 12.2 Å². The third-order valence-corrected chi connectivity index (χ3v) is 6.96. The molecule has 198 valence electrons. The van der Waals surface area contributed by atoms with Crippen LogP contribution in [0.25, 0.3) is 0 Å². The average molecular weight is 468 g/mol. The molecule has 2 N–H and O–H groups in total. The molecule has 0 amide bonds. The summed E-state index contributed by atoms with van der Waals surface area (Å²) in [5.74, 6) is 0. The van der Waals surface area contributed by atoms with E-state index >= 15 is 0 Å². The van der Waals surface area contributed by atoms with E-state index in [1.807, 2.05) is 6.08 Å². The minimum Gasteiger partial charge on any atom is -0.395 e. The number of aliphatic hydroxyl groups excluding tert-OH is 2. The molecule has 0 aromatic heterocycles. The number of allylic oxidation sites excluding steroid dienone is 1. The van der Waals surface area contributed by atoms with Crippen LogP contribution < -0.4 is 0 Å². The van der Waals surface area contributed by atoms with Gasteiger partial charge in [0.25, 0.3) is 0 Å². The molecule has 0 aliphatic carbocycles. The van der Waals surface area contributed by atoms with Crippen molar-refractivity contribution in [2.45, 2.75) is 161 Å². The standard InChI is InChI=1S/C30H61NO2/c1-4-7-10-13-14-15-16-17-18-19-20-21-22-25-30(33)29(28-32)31(26-23-11-8-5-2)27-24-12-9-6-3/h22,25,29-30,32-33H,4-21,23-24,26-28H2,1-3H3. The van der Waals surface area contributed by atoms with Crippen molar-refractivity contribution in [3.63, 3.8) is 0 Å². The summed E-state index contributed by atoms with van der Waals surface area (Å²) in [5.41, 5.74) is 0. The first kappa shape index (κ1) is 32.6. The molecule has 2 unspecified atom stereocenters. The van der Waals surface area contributed by atoms with E-state index in [4.69, 9.17) is 0 Å². The highest BCUT2D eigenvalue weighted by atomic mass is 16.3. The summed E-state index contributed by atoms with van der Waals surface area (Å²) in [6, 6.07) is -0.165. The zero-order valence-corrected chi connectivity index (χ0v) is 22.9. The highest BCUT2D eigenvalue weighted by Gasteiger charge is 2.23. The predicted octanol–water partition coefficient (Wildman–Crippen LogP) is 8.43. The van der Waals surface area contributed by atoms with Crippen LogP contribution >= 0.6 is 0 Å². The topological polar surface area (TPSA) is 43.7 Å². The van der Waals surface area contributed by atoms with Crippen molar-refractivity contribution in [2.24, 2.45) is 0 Å². The minimum atomic E-state index is -0.569. The first-order chi connectivity index (χ1) is 16.2. The Morgan fingerprint density at radius 2 is 0.970 bits per heavy atom. The van der Waals surface area contributed by atoms with E-state index < -0.39 is 6.10 Å². The Morgan fingerprint density at radius 1 is 0.576 bits per heavy atom. The quantitative estimate of drug-likeness (QED) is 0.0990. The molecular formula is C30H61NO2. The fourth-order valence-electron chi connectivity index (χ4n) is 4.66. The Labute approximate surface area is 208 Å². The van der Waals surface area contributed by atoms with Crippen LogP contribution in [0.15, 0.2) is 12.2 Å². The lowest BCUT2D eigenvalue weighted by molar-refractivity contribution is 0.0369. The number of hydrogen-bond donors (Lipinski definition) is 2. The molecule has 0 aliphatic heterocycles. The molecule has 0 spiro atoms. The minimum absolute atomic E-state index is 0.0332. The summed E-state index contributed by atoms with van der Waals surface area (Å²) in [5, 5.41) is 20.8. The van der Waals surface area contributed by atoms with Gasteiger partial charge >= 0.3 is 0 Å². The number of unbranched alkanes of at least 4 members (excludes halogenated alkanes) is 17. The summed E-state index contributed by atoms with van der Waals surface area (Å²) in [4.78, 5) is 2.35. The molecule has 3 nitrogen and oxygen atoms in total. The molecule has 0 aromatic rings. The smallest absolute Gasteiger partial charge is 0.0898 e. The van der Waals surface area contributed by atoms with Crippen molar-refractivity contribution in [2.75, 3.05) is 19.7 Å². The Kier molecular flexibility index (Phi) is 25.9. The van der Waals surface area contributed by atoms with Gasteiger partial charge in [0, 0.05) is 0 Å². The summed E-state index contributed by atoms with van der Waals surface area (Å²) in [6.45, 7) is 8.76. The molecule has 0 saturated carbocycles. The Balaban J connectivity index is 4.13. The van der Waals surface area contributed by atoms with Crippen LogP contribution in [0.3, 0.4) is 0 Å². The van der Waals surface area contributed by atoms with Gasteiger partial charge in [-0.2, -0.15) is 0 Å². The fraction of sp³-hybridized carbons (Fsp3) is 0.933. The molecule has 0 rings (SSSR count). The van der Waals surface area contributed by atoms with Gasteiger partial charge in [0.1, 0.15) is 0 Å². The van der Waals surface area contributed by atoms with Crippen LogP contribution in [0.4, 0.5) is 0 Å². The second-order valence-electron chi connectivity index (χ2n) is 10.2. The summed E-state index contributed by atoms with van der Waals surface area (Å²) < 4.78 is 0. The molecule has 0 fully saturated rings. The van der Waals surface area contributed by atoms with Crippen LogP contribution in [0.5, 0.6) is 0 Å². The van der Waals surface area contributed by atoms with Crippen molar-refractivity contribution in [3.8, 4) is 0 Å². The molecule has 0 saturated heterocycles. The van der Waals surface area contributed by atoms with E-state index in [1.54, 1.807) is 0 Å². The molecule has 0 radical (unpaired) electrons. The first-order valence-electron chi connectivity index (χ1n) is 14.9. The van der Waals surface area contributed by atoms with Crippen LogP contribution in [0.1, 0.15) is 149 Å². The second-order valence-corrected chi connectivity index (χ2v) is 10.2. The SMILES string of the molecule is CCCCCCCCCCCCCC=CC(O)C(CO)N(CCCCCC)CCCCCC.